The molecule has 1 aliphatic heterocycles. The number of nitrogens with zero attached hydrogens (tertiary/aromatic N) is 2. The zero-order valence-corrected chi connectivity index (χ0v) is 11.7. The van der Waals surface area contributed by atoms with Gasteiger partial charge < -0.3 is 9.64 Å². The number of rotatable bonds is 3. The summed E-state index contributed by atoms with van der Waals surface area (Å²) in [6.07, 6.45) is -0.648. The predicted molar refractivity (Wildman–Crippen MR) is 70.9 cm³/mol. The lowest BCUT2D eigenvalue weighted by molar-refractivity contribution is -0.202. The van der Waals surface area contributed by atoms with Crippen LogP contribution in [-0.4, -0.2) is 36.2 Å². The largest absolute Gasteiger partial charge is 0.491 e. The van der Waals surface area contributed by atoms with Gasteiger partial charge in [0.25, 0.3) is 0 Å². The number of carbonyl (C=O) groups excluding carboxylic acids is 2. The van der Waals surface area contributed by atoms with Crippen molar-refractivity contribution in [2.24, 2.45) is 5.92 Å². The van der Waals surface area contributed by atoms with Gasteiger partial charge in [0.1, 0.15) is 0 Å². The average molecular weight is 316 g/mol. The molecule has 1 saturated heterocycles. The van der Waals surface area contributed by atoms with Gasteiger partial charge in [-0.2, -0.15) is 13.2 Å². The van der Waals surface area contributed by atoms with Crippen LogP contribution in [0.1, 0.15) is 19.3 Å². The highest BCUT2D eigenvalue weighted by atomic mass is 19.4. The smallest absolute Gasteiger partial charge is 0.386 e. The number of piperidine rings is 1. The van der Waals surface area contributed by atoms with E-state index in [4.69, 9.17) is 0 Å². The number of anilines is 1. The molecular weight excluding hydrogens is 301 g/mol. The molecule has 0 unspecified atom stereocenters. The molecule has 0 spiro atoms. The predicted octanol–water partition coefficient (Wildman–Crippen LogP) is 2.32. The van der Waals surface area contributed by atoms with Crippen LogP contribution >= 0.6 is 0 Å². The van der Waals surface area contributed by atoms with Crippen molar-refractivity contribution in [1.29, 1.82) is 0 Å². The van der Waals surface area contributed by atoms with Gasteiger partial charge in [0.15, 0.2) is 0 Å². The molecule has 0 aromatic carbocycles. The number of halogens is 3. The molecule has 120 valence electrons. The maximum Gasteiger partial charge on any atom is 0.491 e. The highest BCUT2D eigenvalue weighted by Gasteiger charge is 2.42. The summed E-state index contributed by atoms with van der Waals surface area (Å²) >= 11 is 0. The standard InChI is InChI=1S/C14H15F3N2O3/c15-14(16,17)13(21)22-12(20)9-10-3-7-19(8-4-10)11-1-5-18-6-2-11/h1-2,5-6,10H,3-4,7-9H2. The second kappa shape index (κ2) is 6.76. The molecule has 2 heterocycles. The third kappa shape index (κ3) is 4.44. The lowest BCUT2D eigenvalue weighted by atomic mass is 9.93. The summed E-state index contributed by atoms with van der Waals surface area (Å²) in [6.45, 7) is 1.38. The summed E-state index contributed by atoms with van der Waals surface area (Å²) in [6, 6.07) is 3.74. The van der Waals surface area contributed by atoms with Gasteiger partial charge in [0.05, 0.1) is 0 Å². The van der Waals surface area contributed by atoms with Gasteiger partial charge in [-0.1, -0.05) is 0 Å². The molecule has 1 fully saturated rings. The van der Waals surface area contributed by atoms with Gasteiger partial charge >= 0.3 is 18.1 Å². The monoisotopic (exact) mass is 316 g/mol. The molecule has 1 aromatic heterocycles. The maximum atomic E-state index is 12.0. The second-order valence-corrected chi connectivity index (χ2v) is 5.10. The number of aromatic nitrogens is 1. The summed E-state index contributed by atoms with van der Waals surface area (Å²) in [5.41, 5.74) is 1.02. The molecule has 22 heavy (non-hydrogen) atoms. The van der Waals surface area contributed by atoms with E-state index in [9.17, 15) is 22.8 Å². The molecule has 0 N–H and O–H groups in total. The van der Waals surface area contributed by atoms with Crippen LogP contribution in [-0.2, 0) is 14.3 Å². The summed E-state index contributed by atoms with van der Waals surface area (Å²) in [5, 5.41) is 0. The van der Waals surface area contributed by atoms with Gasteiger partial charge in [0, 0.05) is 37.6 Å². The lowest BCUT2D eigenvalue weighted by Crippen LogP contribution is -2.35. The number of pyridine rings is 1. The van der Waals surface area contributed by atoms with Crippen molar-refractivity contribution in [2.45, 2.75) is 25.4 Å². The van der Waals surface area contributed by atoms with Crippen LogP contribution in [0.25, 0.3) is 0 Å². The zero-order valence-electron chi connectivity index (χ0n) is 11.7. The van der Waals surface area contributed by atoms with E-state index in [1.807, 2.05) is 12.1 Å². The van der Waals surface area contributed by atoms with Gasteiger partial charge in [-0.05, 0) is 30.9 Å². The van der Waals surface area contributed by atoms with Crippen LogP contribution in [0.2, 0.25) is 0 Å². The Morgan fingerprint density at radius 3 is 2.36 bits per heavy atom. The Bertz CT molecular complexity index is 526. The molecule has 0 bridgehead atoms. The molecule has 0 aliphatic carbocycles. The van der Waals surface area contributed by atoms with E-state index in [-0.39, 0.29) is 12.3 Å². The van der Waals surface area contributed by atoms with Crippen LogP contribution in [0, 0.1) is 5.92 Å². The molecule has 0 saturated carbocycles. The van der Waals surface area contributed by atoms with E-state index < -0.39 is 18.1 Å². The molecule has 1 aliphatic rings. The Morgan fingerprint density at radius 1 is 1.23 bits per heavy atom. The summed E-state index contributed by atoms with van der Waals surface area (Å²) in [5.74, 6) is -3.65. The van der Waals surface area contributed by atoms with Crippen molar-refractivity contribution < 1.29 is 27.5 Å². The molecule has 2 rings (SSSR count). The van der Waals surface area contributed by atoms with Crippen LogP contribution < -0.4 is 4.90 Å². The third-order valence-corrected chi connectivity index (χ3v) is 3.54. The Kier molecular flexibility index (Phi) is 4.99. The molecule has 0 atom stereocenters. The molecule has 8 heteroatoms. The third-order valence-electron chi connectivity index (χ3n) is 3.54. The average Bonchev–Trinajstić information content (AvgIpc) is 2.48. The Balaban J connectivity index is 1.78. The first-order valence-electron chi connectivity index (χ1n) is 6.83. The number of esters is 2. The lowest BCUT2D eigenvalue weighted by Gasteiger charge is -2.33. The first-order valence-corrected chi connectivity index (χ1v) is 6.83. The van der Waals surface area contributed by atoms with E-state index in [0.29, 0.717) is 25.9 Å². The fraction of sp³-hybridized carbons (Fsp3) is 0.500. The van der Waals surface area contributed by atoms with Gasteiger partial charge in [0.2, 0.25) is 0 Å². The highest BCUT2D eigenvalue weighted by molar-refractivity contribution is 5.88. The van der Waals surface area contributed by atoms with E-state index in [1.165, 1.54) is 0 Å². The van der Waals surface area contributed by atoms with E-state index in [1.54, 1.807) is 12.4 Å². The fourth-order valence-corrected chi connectivity index (χ4v) is 2.39. The van der Waals surface area contributed by atoms with Crippen molar-refractivity contribution in [1.82, 2.24) is 4.98 Å². The van der Waals surface area contributed by atoms with E-state index >= 15 is 0 Å². The molecule has 0 amide bonds. The summed E-state index contributed by atoms with van der Waals surface area (Å²) in [4.78, 5) is 28.0. The van der Waals surface area contributed by atoms with Crippen LogP contribution in [0.15, 0.2) is 24.5 Å². The minimum atomic E-state index is -5.14. The van der Waals surface area contributed by atoms with Crippen LogP contribution in [0.4, 0.5) is 18.9 Å². The summed E-state index contributed by atoms with van der Waals surface area (Å²) < 4.78 is 39.8. The highest BCUT2D eigenvalue weighted by Crippen LogP contribution is 2.25. The maximum absolute atomic E-state index is 12.0. The number of carbonyl (C=O) groups is 2. The number of alkyl halides is 3. The number of ether oxygens (including phenoxy) is 1. The Morgan fingerprint density at radius 2 is 1.82 bits per heavy atom. The van der Waals surface area contributed by atoms with E-state index in [2.05, 4.69) is 14.6 Å². The first kappa shape index (κ1) is 16.3. The van der Waals surface area contributed by atoms with Crippen molar-refractivity contribution in [2.75, 3.05) is 18.0 Å². The van der Waals surface area contributed by atoms with E-state index in [0.717, 1.165) is 5.69 Å². The topological polar surface area (TPSA) is 59.5 Å². The number of hydrogen-bond donors (Lipinski definition) is 0. The molecule has 0 radical (unpaired) electrons. The second-order valence-electron chi connectivity index (χ2n) is 5.10. The van der Waals surface area contributed by atoms with Crippen molar-refractivity contribution in [3.63, 3.8) is 0 Å². The van der Waals surface area contributed by atoms with Crippen molar-refractivity contribution in [3.8, 4) is 0 Å². The van der Waals surface area contributed by atoms with Gasteiger partial charge in [-0.25, -0.2) is 4.79 Å². The van der Waals surface area contributed by atoms with Crippen LogP contribution in [0.5, 0.6) is 0 Å². The number of hydrogen-bond acceptors (Lipinski definition) is 5. The molecular formula is C14H15F3N2O3. The zero-order chi connectivity index (χ0) is 16.2. The quantitative estimate of drug-likeness (QED) is 0.633. The Labute approximate surface area is 125 Å². The minimum absolute atomic E-state index is 0.0772. The first-order chi connectivity index (χ1) is 10.4. The van der Waals surface area contributed by atoms with Crippen LogP contribution in [0.3, 0.4) is 0 Å². The SMILES string of the molecule is O=C(CC1CCN(c2ccncc2)CC1)OC(=O)C(F)(F)F. The molecule has 5 nitrogen and oxygen atoms in total. The van der Waals surface area contributed by atoms with Gasteiger partial charge in [-0.3, -0.25) is 9.78 Å². The normalized spacial score (nSPS) is 16.4. The fourth-order valence-electron chi connectivity index (χ4n) is 2.39. The van der Waals surface area contributed by atoms with Crippen molar-refractivity contribution in [3.05, 3.63) is 24.5 Å². The van der Waals surface area contributed by atoms with Crippen molar-refractivity contribution >= 4 is 17.6 Å². The Hall–Kier alpha value is -2.12. The minimum Gasteiger partial charge on any atom is -0.386 e. The summed E-state index contributed by atoms with van der Waals surface area (Å²) in [7, 11) is 0. The molecule has 1 aromatic rings. The van der Waals surface area contributed by atoms with Gasteiger partial charge in [-0.15, -0.1) is 0 Å².